The van der Waals surface area contributed by atoms with Crippen molar-refractivity contribution in [1.29, 1.82) is 0 Å². The van der Waals surface area contributed by atoms with Gasteiger partial charge in [0.1, 0.15) is 0 Å². The van der Waals surface area contributed by atoms with Crippen molar-refractivity contribution in [1.82, 2.24) is 20.6 Å². The first-order valence-electron chi connectivity index (χ1n) is 10.1. The van der Waals surface area contributed by atoms with Crippen LogP contribution in [0, 0.1) is 0 Å². The average molecular weight is 479 g/mol. The fourth-order valence-corrected chi connectivity index (χ4v) is 3.68. The highest BCUT2D eigenvalue weighted by Crippen LogP contribution is 2.20. The quantitative estimate of drug-likeness (QED) is 0.162. The van der Waals surface area contributed by atoms with Gasteiger partial charge in [0, 0.05) is 26.4 Å². The van der Waals surface area contributed by atoms with Crippen molar-refractivity contribution in [2.24, 2.45) is 0 Å². The van der Waals surface area contributed by atoms with E-state index in [9.17, 15) is 32.4 Å². The Morgan fingerprint density at radius 1 is 1.16 bits per heavy atom. The molecule has 0 aromatic rings. The zero-order valence-corrected chi connectivity index (χ0v) is 19.1. The molecule has 1 rings (SSSR count). The summed E-state index contributed by atoms with van der Waals surface area (Å²) in [6.45, 7) is 2.11. The Bertz CT molecular complexity index is 828. The molecule has 4 amide bonds. The van der Waals surface area contributed by atoms with Crippen LogP contribution in [-0.4, -0.2) is 91.0 Å². The molecule has 14 heteroatoms. The van der Waals surface area contributed by atoms with Gasteiger partial charge in [0.2, 0.25) is 11.8 Å². The van der Waals surface area contributed by atoms with E-state index in [2.05, 4.69) is 15.5 Å². The topological polar surface area (TPSA) is 179 Å². The minimum atomic E-state index is -4.79. The number of nitrogens with zero attached hydrogens (tertiary/aromatic N) is 2. The summed E-state index contributed by atoms with van der Waals surface area (Å²) in [4.78, 5) is 64.9. The van der Waals surface area contributed by atoms with Crippen LogP contribution < -0.4 is 10.6 Å². The molecule has 2 unspecified atom stereocenters. The Labute approximate surface area is 186 Å². The van der Waals surface area contributed by atoms with Gasteiger partial charge in [0.15, 0.2) is 5.25 Å². The van der Waals surface area contributed by atoms with Gasteiger partial charge < -0.3 is 15.5 Å². The van der Waals surface area contributed by atoms with E-state index in [-0.39, 0.29) is 36.3 Å². The number of carbonyl (C=O) groups excluding carboxylic acids is 5. The van der Waals surface area contributed by atoms with Crippen molar-refractivity contribution in [3.05, 3.63) is 0 Å². The lowest BCUT2D eigenvalue weighted by molar-refractivity contribution is -0.197. The van der Waals surface area contributed by atoms with Crippen molar-refractivity contribution in [3.8, 4) is 0 Å². The van der Waals surface area contributed by atoms with Crippen LogP contribution in [0.25, 0.3) is 0 Å². The lowest BCUT2D eigenvalue weighted by Crippen LogP contribution is -2.44. The molecule has 1 aliphatic heterocycles. The van der Waals surface area contributed by atoms with Gasteiger partial charge >= 0.3 is 5.97 Å². The summed E-state index contributed by atoms with van der Waals surface area (Å²) in [6, 6.07) is -0.392. The summed E-state index contributed by atoms with van der Waals surface area (Å²) in [5, 5.41) is 3.45. The second-order valence-electron chi connectivity index (χ2n) is 7.55. The maximum absolute atomic E-state index is 12.4. The van der Waals surface area contributed by atoms with E-state index in [1.807, 2.05) is 0 Å². The summed E-state index contributed by atoms with van der Waals surface area (Å²) in [6.07, 6.45) is 1.15. The molecule has 1 fully saturated rings. The minimum absolute atomic E-state index is 0.0440. The molecule has 0 aromatic carbocycles. The first kappa shape index (κ1) is 27.5. The van der Waals surface area contributed by atoms with Crippen molar-refractivity contribution in [3.63, 3.8) is 0 Å². The van der Waals surface area contributed by atoms with Gasteiger partial charge in [-0.1, -0.05) is 0 Å². The van der Waals surface area contributed by atoms with E-state index in [0.717, 1.165) is 12.8 Å². The molecule has 2 atom stereocenters. The van der Waals surface area contributed by atoms with Crippen molar-refractivity contribution in [2.75, 3.05) is 27.2 Å². The van der Waals surface area contributed by atoms with Gasteiger partial charge in [-0.05, 0) is 39.8 Å². The number of amides is 4. The third-order valence-corrected chi connectivity index (χ3v) is 5.76. The number of unbranched alkanes of at least 4 members (excludes halogenated alkanes) is 1. The summed E-state index contributed by atoms with van der Waals surface area (Å²) in [5.74, 6) is -3.68. The summed E-state index contributed by atoms with van der Waals surface area (Å²) >= 11 is 0. The molecule has 0 aliphatic carbocycles. The fraction of sp³-hybridized carbons (Fsp3) is 0.722. The van der Waals surface area contributed by atoms with Crippen LogP contribution in [0.4, 0.5) is 0 Å². The van der Waals surface area contributed by atoms with Gasteiger partial charge in [-0.2, -0.15) is 8.42 Å². The molecule has 0 radical (unpaired) electrons. The molecule has 1 heterocycles. The lowest BCUT2D eigenvalue weighted by Gasteiger charge is -2.23. The maximum atomic E-state index is 12.4. The van der Waals surface area contributed by atoms with E-state index in [0.29, 0.717) is 13.0 Å². The monoisotopic (exact) mass is 478 g/mol. The zero-order valence-electron chi connectivity index (χ0n) is 18.3. The van der Waals surface area contributed by atoms with Crippen molar-refractivity contribution in [2.45, 2.75) is 56.7 Å². The van der Waals surface area contributed by atoms with E-state index in [4.69, 9.17) is 4.55 Å². The predicted molar refractivity (Wildman–Crippen MR) is 110 cm³/mol. The number of likely N-dealkylation sites (N-methyl/N-ethyl adjacent to an activating group) is 1. The third kappa shape index (κ3) is 8.88. The first-order valence-corrected chi connectivity index (χ1v) is 11.6. The number of nitrogens with one attached hydrogen (secondary N) is 2. The number of hydroxylamine groups is 2. The predicted octanol–water partition coefficient (Wildman–Crippen LogP) is -1.41. The molecular weight excluding hydrogens is 448 g/mol. The lowest BCUT2D eigenvalue weighted by atomic mass is 10.1. The van der Waals surface area contributed by atoms with Gasteiger partial charge in [0.05, 0.1) is 12.5 Å². The molecule has 13 nitrogen and oxygen atoms in total. The Kier molecular flexibility index (Phi) is 10.7. The van der Waals surface area contributed by atoms with Gasteiger partial charge in [-0.3, -0.25) is 28.6 Å². The van der Waals surface area contributed by atoms with Crippen LogP contribution in [0.15, 0.2) is 0 Å². The largest absolute Gasteiger partial charge is 0.356 e. The molecular formula is C18H30N4O9S. The van der Waals surface area contributed by atoms with Crippen molar-refractivity contribution < 1.29 is 41.8 Å². The molecule has 0 bridgehead atoms. The average Bonchev–Trinajstić information content (AvgIpc) is 2.95. The molecule has 32 heavy (non-hydrogen) atoms. The first-order chi connectivity index (χ1) is 14.8. The molecule has 0 saturated carbocycles. The minimum Gasteiger partial charge on any atom is -0.356 e. The molecule has 3 N–H and O–H groups in total. The van der Waals surface area contributed by atoms with E-state index in [1.165, 1.54) is 6.92 Å². The highest BCUT2D eigenvalue weighted by molar-refractivity contribution is 7.87. The number of carbonyl (C=O) groups is 5. The number of hydrogen-bond donors (Lipinski definition) is 3. The number of hydrogen-bond acceptors (Lipinski definition) is 9. The summed E-state index contributed by atoms with van der Waals surface area (Å²) < 4.78 is 31.1. The Morgan fingerprint density at radius 3 is 2.31 bits per heavy atom. The number of imide groups is 1. The fourth-order valence-electron chi connectivity index (χ4n) is 2.97. The van der Waals surface area contributed by atoms with Crippen LogP contribution in [-0.2, 0) is 38.9 Å². The normalized spacial score (nSPS) is 17.4. The Morgan fingerprint density at radius 2 is 1.78 bits per heavy atom. The third-order valence-electron chi connectivity index (χ3n) is 4.68. The van der Waals surface area contributed by atoms with Crippen LogP contribution in [0.3, 0.4) is 0 Å². The highest BCUT2D eigenvalue weighted by atomic mass is 32.2. The molecule has 1 aliphatic rings. The molecule has 0 aromatic heterocycles. The van der Waals surface area contributed by atoms with Crippen LogP contribution in [0.2, 0.25) is 0 Å². The SMILES string of the molecule is CC(=O)NCCCCC(C(=O)NCCCC(=O)ON1C(=O)CC(S(=O)(=O)O)C1=O)N(C)C. The standard InChI is InChI=1S/C18H30N4O9S/c1-12(23)19-9-5-4-7-13(21(2)3)17(26)20-10-6-8-16(25)31-22-15(24)11-14(18(22)27)32(28,29)30/h13-14H,4-11H2,1-3H3,(H,19,23)(H,20,26)(H,28,29,30). The summed E-state index contributed by atoms with van der Waals surface area (Å²) in [5.41, 5.74) is 0. The molecule has 1 saturated heterocycles. The zero-order chi connectivity index (χ0) is 24.5. The number of rotatable bonds is 13. The van der Waals surface area contributed by atoms with Gasteiger partial charge in [-0.15, -0.1) is 5.06 Å². The molecule has 0 spiro atoms. The van der Waals surface area contributed by atoms with Crippen LogP contribution in [0.1, 0.15) is 45.4 Å². The smallest absolute Gasteiger partial charge is 0.333 e. The maximum Gasteiger partial charge on any atom is 0.333 e. The van der Waals surface area contributed by atoms with E-state index >= 15 is 0 Å². The second-order valence-corrected chi connectivity index (χ2v) is 9.15. The van der Waals surface area contributed by atoms with Crippen LogP contribution in [0.5, 0.6) is 0 Å². The van der Waals surface area contributed by atoms with Crippen molar-refractivity contribution >= 4 is 39.7 Å². The summed E-state index contributed by atoms with van der Waals surface area (Å²) in [7, 11) is -1.26. The Hall–Kier alpha value is -2.58. The van der Waals surface area contributed by atoms with E-state index < -0.39 is 45.6 Å². The molecule has 182 valence electrons. The van der Waals surface area contributed by atoms with Gasteiger partial charge in [0.25, 0.3) is 21.9 Å². The van der Waals surface area contributed by atoms with Crippen LogP contribution >= 0.6 is 0 Å². The Balaban J connectivity index is 2.37. The van der Waals surface area contributed by atoms with E-state index in [1.54, 1.807) is 19.0 Å². The van der Waals surface area contributed by atoms with Gasteiger partial charge in [-0.25, -0.2) is 4.79 Å². The second kappa shape index (κ2) is 12.5. The highest BCUT2D eigenvalue weighted by Gasteiger charge is 2.48.